The minimum absolute atomic E-state index is 0.0673. The second-order valence-electron chi connectivity index (χ2n) is 6.75. The largest absolute Gasteiger partial charge is 0.495 e. The van der Waals surface area contributed by atoms with Crippen LogP contribution in [0.25, 0.3) is 0 Å². The Bertz CT molecular complexity index is 1190. The maximum Gasteiger partial charge on any atom is 0.265 e. The number of rotatable bonds is 6. The summed E-state index contributed by atoms with van der Waals surface area (Å²) in [4.78, 5) is 12.7. The van der Waals surface area contributed by atoms with Gasteiger partial charge in [-0.15, -0.1) is 0 Å². The van der Waals surface area contributed by atoms with E-state index in [1.165, 1.54) is 19.2 Å². The summed E-state index contributed by atoms with van der Waals surface area (Å²) < 4.78 is 34.7. The van der Waals surface area contributed by atoms with Crippen molar-refractivity contribution in [2.45, 2.75) is 18.7 Å². The number of hydrogen-bond acceptors (Lipinski definition) is 4. The number of methoxy groups -OCH3 is 1. The monoisotopic (exact) mass is 536 g/mol. The van der Waals surface area contributed by atoms with Crippen molar-refractivity contribution in [2.24, 2.45) is 0 Å². The number of sulfonamides is 1. The molecule has 6 nitrogen and oxygen atoms in total. The van der Waals surface area contributed by atoms with E-state index in [9.17, 15) is 13.2 Å². The molecule has 0 radical (unpaired) electrons. The average Bonchev–Trinajstić information content (AvgIpc) is 2.71. The topological polar surface area (TPSA) is 84.5 Å². The lowest BCUT2D eigenvalue weighted by atomic mass is 10.1. The van der Waals surface area contributed by atoms with E-state index in [2.05, 4.69) is 32.6 Å². The van der Waals surface area contributed by atoms with Crippen LogP contribution in [0.1, 0.15) is 21.5 Å². The number of anilines is 2. The van der Waals surface area contributed by atoms with Gasteiger partial charge in [-0.3, -0.25) is 9.52 Å². The summed E-state index contributed by atoms with van der Waals surface area (Å²) in [7, 11) is -2.54. The maximum absolute atomic E-state index is 13.0. The van der Waals surface area contributed by atoms with Gasteiger partial charge >= 0.3 is 0 Å². The lowest BCUT2D eigenvalue weighted by Gasteiger charge is -2.14. The van der Waals surface area contributed by atoms with Crippen molar-refractivity contribution in [2.75, 3.05) is 17.1 Å². The smallest absolute Gasteiger partial charge is 0.265 e. The first kappa shape index (κ1) is 22.1. The quantitative estimate of drug-likeness (QED) is 0.436. The number of amides is 1. The Morgan fingerprint density at radius 3 is 2.27 bits per heavy atom. The fourth-order valence-corrected chi connectivity index (χ4v) is 4.49. The summed E-state index contributed by atoms with van der Waals surface area (Å²) in [5, 5.41) is 2.77. The van der Waals surface area contributed by atoms with E-state index in [0.29, 0.717) is 16.9 Å². The molecule has 8 heteroatoms. The number of carbonyl (C=O) groups excluding carboxylic acids is 1. The highest BCUT2D eigenvalue weighted by Crippen LogP contribution is 2.29. The summed E-state index contributed by atoms with van der Waals surface area (Å²) >= 11 is 2.14. The molecule has 0 saturated carbocycles. The van der Waals surface area contributed by atoms with Gasteiger partial charge in [0.2, 0.25) is 0 Å². The van der Waals surface area contributed by atoms with Gasteiger partial charge in [-0.05, 0) is 90.5 Å². The fraction of sp³-hybridized carbons (Fsp3) is 0.136. The van der Waals surface area contributed by atoms with Crippen LogP contribution in [0.3, 0.4) is 0 Å². The first-order valence-corrected chi connectivity index (χ1v) is 11.6. The summed E-state index contributed by atoms with van der Waals surface area (Å²) in [6.45, 7) is 3.76. The maximum atomic E-state index is 13.0. The lowest BCUT2D eigenvalue weighted by molar-refractivity contribution is 0.102. The summed E-state index contributed by atoms with van der Waals surface area (Å²) in [6.07, 6.45) is 0. The van der Waals surface area contributed by atoms with Crippen molar-refractivity contribution >= 4 is 49.9 Å². The highest BCUT2D eigenvalue weighted by molar-refractivity contribution is 14.1. The van der Waals surface area contributed by atoms with Crippen LogP contribution < -0.4 is 14.8 Å². The van der Waals surface area contributed by atoms with Gasteiger partial charge < -0.3 is 10.1 Å². The van der Waals surface area contributed by atoms with Crippen molar-refractivity contribution < 1.29 is 17.9 Å². The van der Waals surface area contributed by atoms with Crippen LogP contribution >= 0.6 is 22.6 Å². The van der Waals surface area contributed by atoms with Crippen molar-refractivity contribution in [1.82, 2.24) is 0 Å². The summed E-state index contributed by atoms with van der Waals surface area (Å²) in [6, 6.07) is 17.1. The molecule has 0 aliphatic rings. The standard InChI is InChI=1S/C22H21IN2O4S/c1-14-4-5-15(2)19(12-14)22(26)24-18-10-11-20(29-3)21(13-18)30(27,28)25-17-8-6-16(23)7-9-17/h4-13,25H,1-3H3,(H,24,26). The summed E-state index contributed by atoms with van der Waals surface area (Å²) in [5.41, 5.74) is 3.12. The van der Waals surface area contributed by atoms with Gasteiger partial charge in [0.05, 0.1) is 7.11 Å². The molecule has 0 aliphatic carbocycles. The molecule has 0 atom stereocenters. The van der Waals surface area contributed by atoms with Crippen LogP contribution in [0.4, 0.5) is 11.4 Å². The van der Waals surface area contributed by atoms with Crippen molar-refractivity contribution in [1.29, 1.82) is 0 Å². The normalized spacial score (nSPS) is 11.1. The predicted octanol–water partition coefficient (Wildman–Crippen LogP) is 4.97. The minimum Gasteiger partial charge on any atom is -0.495 e. The highest BCUT2D eigenvalue weighted by atomic mass is 127. The SMILES string of the molecule is COc1ccc(NC(=O)c2cc(C)ccc2C)cc1S(=O)(=O)Nc1ccc(I)cc1. The number of halogens is 1. The highest BCUT2D eigenvalue weighted by Gasteiger charge is 2.21. The predicted molar refractivity (Wildman–Crippen MR) is 127 cm³/mol. The molecule has 0 aromatic heterocycles. The van der Waals surface area contributed by atoms with Crippen LogP contribution in [0.2, 0.25) is 0 Å². The number of ether oxygens (including phenoxy) is 1. The third kappa shape index (κ3) is 5.11. The molecule has 2 N–H and O–H groups in total. The number of hydrogen-bond donors (Lipinski definition) is 2. The van der Waals surface area contributed by atoms with Gasteiger partial charge in [-0.1, -0.05) is 17.7 Å². The van der Waals surface area contributed by atoms with Crippen molar-refractivity contribution in [3.05, 3.63) is 80.9 Å². The summed E-state index contributed by atoms with van der Waals surface area (Å²) in [5.74, 6) is -0.131. The van der Waals surface area contributed by atoms with Gasteiger partial charge in [-0.25, -0.2) is 8.42 Å². The molecule has 0 heterocycles. The number of carbonyl (C=O) groups is 1. The third-order valence-corrected chi connectivity index (χ3v) is 6.57. The van der Waals surface area contributed by atoms with Crippen LogP contribution in [-0.2, 0) is 10.0 Å². The van der Waals surface area contributed by atoms with E-state index in [4.69, 9.17) is 4.74 Å². The van der Waals surface area contributed by atoms with Crippen molar-refractivity contribution in [3.63, 3.8) is 0 Å². The van der Waals surface area contributed by atoms with E-state index in [1.54, 1.807) is 36.4 Å². The number of benzene rings is 3. The third-order valence-electron chi connectivity index (χ3n) is 4.45. The number of nitrogens with one attached hydrogen (secondary N) is 2. The van der Waals surface area contributed by atoms with Gasteiger partial charge in [0.25, 0.3) is 15.9 Å². The van der Waals surface area contributed by atoms with Crippen LogP contribution in [0, 0.1) is 17.4 Å². The zero-order valence-corrected chi connectivity index (χ0v) is 19.7. The van der Waals surface area contributed by atoms with E-state index >= 15 is 0 Å². The van der Waals surface area contributed by atoms with Crippen LogP contribution in [-0.4, -0.2) is 21.4 Å². The van der Waals surface area contributed by atoms with Crippen LogP contribution in [0.5, 0.6) is 5.75 Å². The molecule has 3 aromatic rings. The molecule has 1 amide bonds. The van der Waals surface area contributed by atoms with E-state index < -0.39 is 10.0 Å². The van der Waals surface area contributed by atoms with Gasteiger partial charge in [0.15, 0.2) is 0 Å². The van der Waals surface area contributed by atoms with E-state index in [-0.39, 0.29) is 16.6 Å². The Balaban J connectivity index is 1.92. The van der Waals surface area contributed by atoms with E-state index in [0.717, 1.165) is 14.7 Å². The molecular formula is C22H21IN2O4S. The lowest BCUT2D eigenvalue weighted by Crippen LogP contribution is -2.16. The molecule has 30 heavy (non-hydrogen) atoms. The first-order chi connectivity index (χ1) is 14.2. The van der Waals surface area contributed by atoms with Crippen molar-refractivity contribution in [3.8, 4) is 5.75 Å². The zero-order chi connectivity index (χ0) is 21.9. The Hall–Kier alpha value is -2.59. The molecule has 0 spiro atoms. The van der Waals surface area contributed by atoms with Gasteiger partial charge in [0.1, 0.15) is 10.6 Å². The number of aryl methyl sites for hydroxylation is 2. The first-order valence-electron chi connectivity index (χ1n) is 9.04. The average molecular weight is 536 g/mol. The molecule has 0 saturated heterocycles. The Kier molecular flexibility index (Phi) is 6.67. The van der Waals surface area contributed by atoms with E-state index in [1.807, 2.05) is 26.0 Å². The minimum atomic E-state index is -3.94. The molecule has 3 rings (SSSR count). The second kappa shape index (κ2) is 9.05. The van der Waals surface area contributed by atoms with Gasteiger partial charge in [0, 0.05) is 20.5 Å². The molecular weight excluding hydrogens is 515 g/mol. The zero-order valence-electron chi connectivity index (χ0n) is 16.7. The van der Waals surface area contributed by atoms with Crippen LogP contribution in [0.15, 0.2) is 65.6 Å². The molecule has 0 unspecified atom stereocenters. The molecule has 156 valence electrons. The molecule has 0 aliphatic heterocycles. The Morgan fingerprint density at radius 1 is 0.933 bits per heavy atom. The molecule has 0 fully saturated rings. The Morgan fingerprint density at radius 2 is 1.60 bits per heavy atom. The molecule has 3 aromatic carbocycles. The molecule has 0 bridgehead atoms. The van der Waals surface area contributed by atoms with Gasteiger partial charge in [-0.2, -0.15) is 0 Å². The second-order valence-corrected chi connectivity index (χ2v) is 9.65. The Labute approximate surface area is 189 Å². The fourth-order valence-electron chi connectivity index (χ4n) is 2.87.